The van der Waals surface area contributed by atoms with E-state index in [9.17, 15) is 14.7 Å². The molecular weight excluding hydrogens is 274 g/mol. The maximum Gasteiger partial charge on any atom is 0.327 e. The molecule has 0 bridgehead atoms. The van der Waals surface area contributed by atoms with Gasteiger partial charge in [-0.2, -0.15) is 0 Å². The van der Waals surface area contributed by atoms with Crippen LogP contribution in [0.25, 0.3) is 0 Å². The van der Waals surface area contributed by atoms with Gasteiger partial charge < -0.3 is 10.0 Å². The van der Waals surface area contributed by atoms with E-state index in [1.807, 2.05) is 6.92 Å². The largest absolute Gasteiger partial charge is 0.480 e. The summed E-state index contributed by atoms with van der Waals surface area (Å²) < 4.78 is 3.65. The Bertz CT molecular complexity index is 438. The number of aliphatic carboxylic acids is 1. The maximum atomic E-state index is 12.3. The maximum absolute atomic E-state index is 12.3. The predicted octanol–water partition coefficient (Wildman–Crippen LogP) is 1.31. The van der Waals surface area contributed by atoms with Crippen LogP contribution >= 0.6 is 23.3 Å². The van der Waals surface area contributed by atoms with E-state index in [4.69, 9.17) is 0 Å². The van der Waals surface area contributed by atoms with Crippen LogP contribution in [0.1, 0.15) is 30.3 Å². The van der Waals surface area contributed by atoms with E-state index in [-0.39, 0.29) is 17.0 Å². The van der Waals surface area contributed by atoms with Crippen molar-refractivity contribution < 1.29 is 14.7 Å². The third-order valence-corrected chi connectivity index (χ3v) is 4.59. The first-order valence-electron chi connectivity index (χ1n) is 5.59. The Kier molecular flexibility index (Phi) is 4.18. The summed E-state index contributed by atoms with van der Waals surface area (Å²) in [5.74, 6) is -0.860. The van der Waals surface area contributed by atoms with Gasteiger partial charge in [-0.05, 0) is 18.0 Å². The molecule has 2 atom stereocenters. The zero-order valence-corrected chi connectivity index (χ0v) is 11.4. The summed E-state index contributed by atoms with van der Waals surface area (Å²) in [5.41, 5.74) is 0.231. The SMILES string of the molecule is CCCC1SCC(C(=O)O)N1C(=O)c1csnn1. The molecule has 2 unspecified atom stereocenters. The van der Waals surface area contributed by atoms with Crippen LogP contribution < -0.4 is 0 Å². The zero-order chi connectivity index (χ0) is 13.1. The highest BCUT2D eigenvalue weighted by Gasteiger charge is 2.42. The van der Waals surface area contributed by atoms with Gasteiger partial charge in [0.2, 0.25) is 0 Å². The van der Waals surface area contributed by atoms with Crippen LogP contribution in [0.4, 0.5) is 0 Å². The second kappa shape index (κ2) is 5.66. The summed E-state index contributed by atoms with van der Waals surface area (Å²) in [7, 11) is 0. The minimum absolute atomic E-state index is 0.0784. The zero-order valence-electron chi connectivity index (χ0n) is 9.78. The molecule has 0 aromatic carbocycles. The summed E-state index contributed by atoms with van der Waals surface area (Å²) in [4.78, 5) is 24.9. The fraction of sp³-hybridized carbons (Fsp3) is 0.600. The summed E-state index contributed by atoms with van der Waals surface area (Å²) in [5, 5.41) is 14.4. The number of carboxylic acids is 1. The van der Waals surface area contributed by atoms with E-state index in [0.717, 1.165) is 24.4 Å². The lowest BCUT2D eigenvalue weighted by Crippen LogP contribution is -2.45. The molecule has 1 aliphatic heterocycles. The molecule has 18 heavy (non-hydrogen) atoms. The van der Waals surface area contributed by atoms with Gasteiger partial charge in [0.15, 0.2) is 5.69 Å². The molecule has 6 nitrogen and oxygen atoms in total. The van der Waals surface area contributed by atoms with Crippen molar-refractivity contribution in [3.8, 4) is 0 Å². The molecule has 0 spiro atoms. The summed E-state index contributed by atoms with van der Waals surface area (Å²) in [6.45, 7) is 2.02. The first-order chi connectivity index (χ1) is 8.65. The fourth-order valence-electron chi connectivity index (χ4n) is 1.89. The number of carbonyl (C=O) groups is 2. The standard InChI is InChI=1S/C10H13N3O3S2/c1-2-3-8-13(7(5-17-8)10(15)16)9(14)6-4-18-12-11-6/h4,7-8H,2-3,5H2,1H3,(H,15,16). The molecule has 1 N–H and O–H groups in total. The second-order valence-electron chi connectivity index (χ2n) is 3.93. The molecule has 2 rings (SSSR count). The Morgan fingerprint density at radius 1 is 1.61 bits per heavy atom. The third kappa shape index (κ3) is 2.49. The van der Waals surface area contributed by atoms with Gasteiger partial charge in [-0.15, -0.1) is 16.9 Å². The highest BCUT2D eigenvalue weighted by molar-refractivity contribution is 8.00. The molecule has 0 aliphatic carbocycles. The smallest absolute Gasteiger partial charge is 0.327 e. The lowest BCUT2D eigenvalue weighted by Gasteiger charge is -2.26. The third-order valence-electron chi connectivity index (χ3n) is 2.73. The number of rotatable bonds is 4. The lowest BCUT2D eigenvalue weighted by atomic mass is 10.2. The van der Waals surface area contributed by atoms with Crippen molar-refractivity contribution in [2.24, 2.45) is 0 Å². The molecule has 8 heteroatoms. The summed E-state index contributed by atoms with van der Waals surface area (Å²) >= 11 is 2.60. The second-order valence-corrected chi connectivity index (χ2v) is 5.75. The Hall–Kier alpha value is -1.15. The Morgan fingerprint density at radius 3 is 2.94 bits per heavy atom. The van der Waals surface area contributed by atoms with E-state index >= 15 is 0 Å². The van der Waals surface area contributed by atoms with Crippen LogP contribution in [-0.2, 0) is 4.79 Å². The molecule has 1 aromatic heterocycles. The number of aromatic nitrogens is 2. The van der Waals surface area contributed by atoms with E-state index in [2.05, 4.69) is 9.59 Å². The average molecular weight is 287 g/mol. The Labute approximate surface area is 113 Å². The van der Waals surface area contributed by atoms with Crippen molar-refractivity contribution in [2.75, 3.05) is 5.75 Å². The van der Waals surface area contributed by atoms with Crippen molar-refractivity contribution >= 4 is 35.2 Å². The highest BCUT2D eigenvalue weighted by atomic mass is 32.2. The number of amides is 1. The van der Waals surface area contributed by atoms with Gasteiger partial charge >= 0.3 is 5.97 Å². The molecule has 98 valence electrons. The number of nitrogens with zero attached hydrogens (tertiary/aromatic N) is 3. The normalized spacial score (nSPS) is 23.3. The van der Waals surface area contributed by atoms with Crippen molar-refractivity contribution in [2.45, 2.75) is 31.2 Å². The molecule has 1 aromatic rings. The van der Waals surface area contributed by atoms with Gasteiger partial charge in [0.25, 0.3) is 5.91 Å². The van der Waals surface area contributed by atoms with E-state index in [1.165, 1.54) is 16.7 Å². The molecule has 1 fully saturated rings. The summed E-state index contributed by atoms with van der Waals surface area (Å²) in [6, 6.07) is -0.763. The van der Waals surface area contributed by atoms with Crippen molar-refractivity contribution in [1.82, 2.24) is 14.5 Å². The van der Waals surface area contributed by atoms with Crippen molar-refractivity contribution in [1.29, 1.82) is 0 Å². The van der Waals surface area contributed by atoms with Crippen LogP contribution in [0.2, 0.25) is 0 Å². The van der Waals surface area contributed by atoms with Gasteiger partial charge in [0.05, 0.1) is 5.37 Å². The molecule has 1 amide bonds. The quantitative estimate of drug-likeness (QED) is 0.899. The van der Waals surface area contributed by atoms with E-state index in [1.54, 1.807) is 5.38 Å². The van der Waals surface area contributed by atoms with Crippen molar-refractivity contribution in [3.63, 3.8) is 0 Å². The molecular formula is C10H13N3O3S2. The van der Waals surface area contributed by atoms with Gasteiger partial charge in [-0.25, -0.2) is 4.79 Å². The summed E-state index contributed by atoms with van der Waals surface area (Å²) in [6.07, 6.45) is 1.70. The van der Waals surface area contributed by atoms with Gasteiger partial charge in [0, 0.05) is 11.1 Å². The number of hydrogen-bond donors (Lipinski definition) is 1. The number of thioether (sulfide) groups is 1. The fourth-order valence-corrected chi connectivity index (χ4v) is 3.83. The minimum Gasteiger partial charge on any atom is -0.480 e. The lowest BCUT2D eigenvalue weighted by molar-refractivity contribution is -0.141. The first-order valence-corrected chi connectivity index (χ1v) is 7.47. The monoisotopic (exact) mass is 287 g/mol. The number of hydrogen-bond acceptors (Lipinski definition) is 6. The molecule has 1 aliphatic rings. The first kappa shape index (κ1) is 13.3. The van der Waals surface area contributed by atoms with Crippen LogP contribution in [0, 0.1) is 0 Å². The molecule has 0 radical (unpaired) electrons. The topological polar surface area (TPSA) is 83.4 Å². The Balaban J connectivity index is 2.23. The van der Waals surface area contributed by atoms with Crippen LogP contribution in [0.5, 0.6) is 0 Å². The van der Waals surface area contributed by atoms with Gasteiger partial charge in [-0.3, -0.25) is 4.79 Å². The Morgan fingerprint density at radius 2 is 2.39 bits per heavy atom. The minimum atomic E-state index is -0.961. The highest BCUT2D eigenvalue weighted by Crippen LogP contribution is 2.33. The van der Waals surface area contributed by atoms with E-state index < -0.39 is 12.0 Å². The van der Waals surface area contributed by atoms with Crippen LogP contribution in [-0.4, -0.2) is 48.6 Å². The van der Waals surface area contributed by atoms with E-state index in [0.29, 0.717) is 5.75 Å². The van der Waals surface area contributed by atoms with Crippen LogP contribution in [0.3, 0.4) is 0 Å². The molecule has 0 saturated carbocycles. The number of carboxylic acid groups (broad SMARTS) is 1. The van der Waals surface area contributed by atoms with Gasteiger partial charge in [0.1, 0.15) is 6.04 Å². The van der Waals surface area contributed by atoms with Gasteiger partial charge in [-0.1, -0.05) is 17.8 Å². The predicted molar refractivity (Wildman–Crippen MR) is 68.7 cm³/mol. The number of carbonyl (C=O) groups excluding carboxylic acids is 1. The average Bonchev–Trinajstić information content (AvgIpc) is 2.97. The molecule has 2 heterocycles. The van der Waals surface area contributed by atoms with Crippen LogP contribution in [0.15, 0.2) is 5.38 Å². The molecule has 1 saturated heterocycles. The van der Waals surface area contributed by atoms with Crippen molar-refractivity contribution in [3.05, 3.63) is 11.1 Å².